The van der Waals surface area contributed by atoms with Crippen molar-refractivity contribution >= 4 is 23.5 Å². The van der Waals surface area contributed by atoms with Gasteiger partial charge in [-0.2, -0.15) is 13.2 Å². The Labute approximate surface area is 122 Å². The fourth-order valence-electron chi connectivity index (χ4n) is 1.89. The summed E-state index contributed by atoms with van der Waals surface area (Å²) in [5.41, 5.74) is 0. The maximum absolute atomic E-state index is 12.6. The summed E-state index contributed by atoms with van der Waals surface area (Å²) in [6, 6.07) is -0.687. The lowest BCUT2D eigenvalue weighted by Gasteiger charge is -2.27. The molecule has 0 aliphatic carbocycles. The van der Waals surface area contributed by atoms with Crippen molar-refractivity contribution in [2.75, 3.05) is 12.4 Å². The van der Waals surface area contributed by atoms with Crippen LogP contribution in [0, 0.1) is 0 Å². The highest BCUT2D eigenvalue weighted by atomic mass is 35.5. The van der Waals surface area contributed by atoms with Crippen molar-refractivity contribution in [3.63, 3.8) is 0 Å². The van der Waals surface area contributed by atoms with Gasteiger partial charge < -0.3 is 9.47 Å². The molecular weight excluding hydrogens is 315 g/mol. The molecule has 1 aliphatic rings. The number of imide groups is 1. The Morgan fingerprint density at radius 2 is 2.00 bits per heavy atom. The lowest BCUT2D eigenvalue weighted by atomic mass is 10.3. The first-order valence-corrected chi connectivity index (χ1v) is 6.50. The smallest absolute Gasteiger partial charge is 0.315 e. The number of halogens is 4. The number of amides is 3. The third-order valence-corrected chi connectivity index (χ3v) is 3.05. The molecule has 3 amide bonds. The molecule has 2 rings (SSSR count). The summed E-state index contributed by atoms with van der Waals surface area (Å²) in [6.07, 6.45) is -4.61. The van der Waals surface area contributed by atoms with E-state index in [0.29, 0.717) is 0 Å². The van der Waals surface area contributed by atoms with Crippen LogP contribution in [0.15, 0.2) is 0 Å². The fraction of sp³-hybridized carbons (Fsp3) is 0.600. The molecule has 1 aromatic rings. The highest BCUT2D eigenvalue weighted by Gasteiger charge is 2.39. The van der Waals surface area contributed by atoms with Crippen molar-refractivity contribution < 1.29 is 22.8 Å². The minimum Gasteiger partial charge on any atom is -0.315 e. The second-order valence-corrected chi connectivity index (χ2v) is 4.68. The van der Waals surface area contributed by atoms with Crippen LogP contribution in [0.3, 0.4) is 0 Å². The standard InChI is InChI=1S/C10H11ClF3N5O2/c11-2-1-7(20)15-9(21)18-3-4-19-6(5-18)16-17-8(19)10(12,13)14/h1-5H2,(H,15,20,21). The molecule has 1 aliphatic heterocycles. The van der Waals surface area contributed by atoms with Crippen LogP contribution >= 0.6 is 11.6 Å². The van der Waals surface area contributed by atoms with Crippen LogP contribution in [-0.2, 0) is 24.1 Å². The molecule has 0 saturated heterocycles. The summed E-state index contributed by atoms with van der Waals surface area (Å²) < 4.78 is 38.9. The predicted octanol–water partition coefficient (Wildman–Crippen LogP) is 0.978. The molecule has 0 radical (unpaired) electrons. The van der Waals surface area contributed by atoms with Crippen LogP contribution in [0.25, 0.3) is 0 Å². The van der Waals surface area contributed by atoms with Gasteiger partial charge in [-0.15, -0.1) is 21.8 Å². The molecule has 0 atom stereocenters. The van der Waals surface area contributed by atoms with E-state index in [1.165, 1.54) is 4.90 Å². The summed E-state index contributed by atoms with van der Waals surface area (Å²) in [5.74, 6) is -1.54. The zero-order chi connectivity index (χ0) is 15.6. The van der Waals surface area contributed by atoms with Gasteiger partial charge in [-0.3, -0.25) is 10.1 Å². The van der Waals surface area contributed by atoms with E-state index in [9.17, 15) is 22.8 Å². The number of nitrogens with one attached hydrogen (secondary N) is 1. The minimum atomic E-state index is -4.59. The molecule has 21 heavy (non-hydrogen) atoms. The Kier molecular flexibility index (Phi) is 4.35. The molecule has 2 heterocycles. The van der Waals surface area contributed by atoms with E-state index in [-0.39, 0.29) is 37.8 Å². The molecule has 0 spiro atoms. The number of rotatable bonds is 2. The monoisotopic (exact) mass is 325 g/mol. The molecule has 116 valence electrons. The average molecular weight is 326 g/mol. The number of aromatic nitrogens is 3. The van der Waals surface area contributed by atoms with Crippen molar-refractivity contribution in [1.82, 2.24) is 25.0 Å². The van der Waals surface area contributed by atoms with E-state index < -0.39 is 23.9 Å². The summed E-state index contributed by atoms with van der Waals surface area (Å²) in [4.78, 5) is 24.2. The van der Waals surface area contributed by atoms with Crippen LogP contribution in [0.4, 0.5) is 18.0 Å². The number of urea groups is 1. The molecule has 0 unspecified atom stereocenters. The highest BCUT2D eigenvalue weighted by molar-refractivity contribution is 6.19. The van der Waals surface area contributed by atoms with E-state index in [2.05, 4.69) is 15.5 Å². The molecule has 0 aromatic carbocycles. The maximum atomic E-state index is 12.6. The first kappa shape index (κ1) is 15.5. The number of alkyl halides is 4. The first-order chi connectivity index (χ1) is 9.82. The van der Waals surface area contributed by atoms with Gasteiger partial charge in [0.05, 0.1) is 6.54 Å². The molecule has 0 bridgehead atoms. The van der Waals surface area contributed by atoms with E-state index in [0.717, 1.165) is 4.57 Å². The van der Waals surface area contributed by atoms with Crippen LogP contribution in [0.1, 0.15) is 18.1 Å². The molecule has 11 heteroatoms. The molecular formula is C10H11ClF3N5O2. The average Bonchev–Trinajstić information content (AvgIpc) is 2.81. The van der Waals surface area contributed by atoms with Gasteiger partial charge in [0, 0.05) is 25.4 Å². The molecule has 7 nitrogen and oxygen atoms in total. The van der Waals surface area contributed by atoms with Crippen LogP contribution < -0.4 is 5.32 Å². The van der Waals surface area contributed by atoms with Crippen molar-refractivity contribution in [3.8, 4) is 0 Å². The van der Waals surface area contributed by atoms with Crippen molar-refractivity contribution in [2.45, 2.75) is 25.7 Å². The van der Waals surface area contributed by atoms with E-state index >= 15 is 0 Å². The zero-order valence-electron chi connectivity index (χ0n) is 10.7. The molecule has 1 N–H and O–H groups in total. The Morgan fingerprint density at radius 1 is 1.29 bits per heavy atom. The van der Waals surface area contributed by atoms with E-state index in [1.807, 2.05) is 0 Å². The van der Waals surface area contributed by atoms with E-state index in [1.54, 1.807) is 0 Å². The van der Waals surface area contributed by atoms with Gasteiger partial charge in [0.2, 0.25) is 11.7 Å². The summed E-state index contributed by atoms with van der Waals surface area (Å²) >= 11 is 5.36. The van der Waals surface area contributed by atoms with Gasteiger partial charge in [0.1, 0.15) is 0 Å². The Bertz CT molecular complexity index is 559. The molecule has 0 saturated carbocycles. The zero-order valence-corrected chi connectivity index (χ0v) is 11.4. The van der Waals surface area contributed by atoms with Crippen molar-refractivity contribution in [2.24, 2.45) is 0 Å². The second-order valence-electron chi connectivity index (χ2n) is 4.30. The number of carbonyl (C=O) groups is 2. The summed E-state index contributed by atoms with van der Waals surface area (Å²) in [7, 11) is 0. The molecule has 0 fully saturated rings. The lowest BCUT2D eigenvalue weighted by Crippen LogP contribution is -2.46. The minimum absolute atomic E-state index is 0.0183. The number of carbonyl (C=O) groups excluding carboxylic acids is 2. The van der Waals surface area contributed by atoms with Gasteiger partial charge >= 0.3 is 12.2 Å². The Balaban J connectivity index is 2.05. The second kappa shape index (κ2) is 5.88. The largest absolute Gasteiger partial charge is 0.451 e. The third kappa shape index (κ3) is 3.43. The maximum Gasteiger partial charge on any atom is 0.451 e. The van der Waals surface area contributed by atoms with Gasteiger partial charge in [-0.25, -0.2) is 4.79 Å². The SMILES string of the molecule is O=C(CCCl)NC(=O)N1CCn2c(nnc2C(F)(F)F)C1. The van der Waals surface area contributed by atoms with Crippen molar-refractivity contribution in [3.05, 3.63) is 11.6 Å². The van der Waals surface area contributed by atoms with Gasteiger partial charge in [0.15, 0.2) is 5.82 Å². The quantitative estimate of drug-likeness (QED) is 0.822. The predicted molar refractivity (Wildman–Crippen MR) is 64.3 cm³/mol. The highest BCUT2D eigenvalue weighted by Crippen LogP contribution is 2.29. The fourth-order valence-corrected chi connectivity index (χ4v) is 2.06. The van der Waals surface area contributed by atoms with Crippen LogP contribution in [0.5, 0.6) is 0 Å². The Hall–Kier alpha value is -1.84. The third-order valence-electron chi connectivity index (χ3n) is 2.86. The normalized spacial score (nSPS) is 14.8. The lowest BCUT2D eigenvalue weighted by molar-refractivity contribution is -0.147. The molecule has 1 aromatic heterocycles. The number of fused-ring (bicyclic) bond motifs is 1. The van der Waals surface area contributed by atoms with Gasteiger partial charge in [-0.1, -0.05) is 0 Å². The van der Waals surface area contributed by atoms with Crippen LogP contribution in [-0.4, -0.2) is 44.0 Å². The summed E-state index contributed by atoms with van der Waals surface area (Å²) in [6.45, 7) is -0.217. The first-order valence-electron chi connectivity index (χ1n) is 5.97. The Morgan fingerprint density at radius 3 is 2.62 bits per heavy atom. The van der Waals surface area contributed by atoms with Crippen LogP contribution in [0.2, 0.25) is 0 Å². The van der Waals surface area contributed by atoms with Crippen molar-refractivity contribution in [1.29, 1.82) is 0 Å². The number of hydrogen-bond acceptors (Lipinski definition) is 4. The van der Waals surface area contributed by atoms with Gasteiger partial charge in [0.25, 0.3) is 0 Å². The van der Waals surface area contributed by atoms with Gasteiger partial charge in [-0.05, 0) is 0 Å². The summed E-state index contributed by atoms with van der Waals surface area (Å²) in [5, 5.41) is 8.64. The number of hydrogen-bond donors (Lipinski definition) is 1. The van der Waals surface area contributed by atoms with E-state index in [4.69, 9.17) is 11.6 Å². The topological polar surface area (TPSA) is 80.1 Å². The number of nitrogens with zero attached hydrogens (tertiary/aromatic N) is 4.